The van der Waals surface area contributed by atoms with Gasteiger partial charge in [0.2, 0.25) is 0 Å². The SMILES string of the molecule is O=C(O)[C@@H]1CCN(C(=O)c2cnccn2)C1. The molecule has 16 heavy (non-hydrogen) atoms. The molecule has 1 fully saturated rings. The van der Waals surface area contributed by atoms with Gasteiger partial charge >= 0.3 is 5.97 Å². The molecule has 0 bridgehead atoms. The molecule has 2 heterocycles. The van der Waals surface area contributed by atoms with Crippen molar-refractivity contribution in [2.24, 2.45) is 5.92 Å². The Morgan fingerprint density at radius 2 is 2.25 bits per heavy atom. The normalized spacial score (nSPS) is 19.8. The van der Waals surface area contributed by atoms with Gasteiger partial charge in [-0.3, -0.25) is 14.6 Å². The van der Waals surface area contributed by atoms with E-state index in [0.717, 1.165) is 0 Å². The number of amides is 1. The van der Waals surface area contributed by atoms with Gasteiger partial charge in [0.25, 0.3) is 5.91 Å². The Balaban J connectivity index is 2.05. The minimum Gasteiger partial charge on any atom is -0.481 e. The number of likely N-dealkylation sites (tertiary alicyclic amines) is 1. The lowest BCUT2D eigenvalue weighted by Gasteiger charge is -2.14. The second kappa shape index (κ2) is 4.26. The van der Waals surface area contributed by atoms with Crippen molar-refractivity contribution >= 4 is 11.9 Å². The maximum absolute atomic E-state index is 11.8. The van der Waals surface area contributed by atoms with Gasteiger partial charge in [0.05, 0.1) is 12.1 Å². The summed E-state index contributed by atoms with van der Waals surface area (Å²) in [6, 6.07) is 0. The standard InChI is InChI=1S/C10H11N3O3/c14-9(8-5-11-2-3-12-8)13-4-1-7(6-13)10(15)16/h2-3,5,7H,1,4,6H2,(H,15,16)/t7-/m1/s1. The lowest BCUT2D eigenvalue weighted by Crippen LogP contribution is -2.30. The molecule has 6 nitrogen and oxygen atoms in total. The van der Waals surface area contributed by atoms with Gasteiger partial charge in [0.1, 0.15) is 5.69 Å². The van der Waals surface area contributed by atoms with Crippen LogP contribution in [0.2, 0.25) is 0 Å². The zero-order chi connectivity index (χ0) is 11.5. The number of carboxylic acids is 1. The monoisotopic (exact) mass is 221 g/mol. The van der Waals surface area contributed by atoms with Gasteiger partial charge in [-0.15, -0.1) is 0 Å². The zero-order valence-electron chi connectivity index (χ0n) is 8.54. The zero-order valence-corrected chi connectivity index (χ0v) is 8.54. The van der Waals surface area contributed by atoms with E-state index in [-0.39, 0.29) is 18.1 Å². The van der Waals surface area contributed by atoms with Crippen molar-refractivity contribution < 1.29 is 14.7 Å². The van der Waals surface area contributed by atoms with Gasteiger partial charge in [-0.2, -0.15) is 0 Å². The van der Waals surface area contributed by atoms with E-state index in [1.54, 1.807) is 0 Å². The maximum atomic E-state index is 11.8. The van der Waals surface area contributed by atoms with E-state index in [0.29, 0.717) is 13.0 Å². The summed E-state index contributed by atoms with van der Waals surface area (Å²) in [6.45, 7) is 0.719. The molecule has 2 rings (SSSR count). The van der Waals surface area contributed by atoms with Crippen molar-refractivity contribution in [3.63, 3.8) is 0 Å². The summed E-state index contributed by atoms with van der Waals surface area (Å²) in [5.41, 5.74) is 0.258. The topological polar surface area (TPSA) is 83.4 Å². The van der Waals surface area contributed by atoms with Crippen LogP contribution in [0, 0.1) is 5.92 Å². The van der Waals surface area contributed by atoms with Gasteiger partial charge in [-0.1, -0.05) is 0 Å². The number of aliphatic carboxylic acids is 1. The molecule has 1 aliphatic rings. The van der Waals surface area contributed by atoms with Crippen LogP contribution in [0.15, 0.2) is 18.6 Å². The van der Waals surface area contributed by atoms with E-state index in [9.17, 15) is 9.59 Å². The highest BCUT2D eigenvalue weighted by atomic mass is 16.4. The minimum atomic E-state index is -0.852. The van der Waals surface area contributed by atoms with Gasteiger partial charge in [0.15, 0.2) is 0 Å². The van der Waals surface area contributed by atoms with Crippen LogP contribution in [-0.2, 0) is 4.79 Å². The molecule has 1 atom stereocenters. The molecule has 1 amide bonds. The van der Waals surface area contributed by atoms with E-state index in [1.807, 2.05) is 0 Å². The van der Waals surface area contributed by atoms with Gasteiger partial charge in [-0.25, -0.2) is 4.98 Å². The molecule has 0 aliphatic carbocycles. The number of hydrogen-bond acceptors (Lipinski definition) is 4. The summed E-state index contributed by atoms with van der Waals surface area (Å²) in [4.78, 5) is 31.8. The summed E-state index contributed by atoms with van der Waals surface area (Å²) >= 11 is 0. The predicted molar refractivity (Wildman–Crippen MR) is 53.7 cm³/mol. The molecule has 1 aromatic rings. The van der Waals surface area contributed by atoms with Crippen molar-refractivity contribution in [3.05, 3.63) is 24.3 Å². The molecule has 0 spiro atoms. The molecular formula is C10H11N3O3. The fourth-order valence-corrected chi connectivity index (χ4v) is 1.72. The highest BCUT2D eigenvalue weighted by Gasteiger charge is 2.31. The van der Waals surface area contributed by atoms with Crippen molar-refractivity contribution in [1.82, 2.24) is 14.9 Å². The van der Waals surface area contributed by atoms with Crippen molar-refractivity contribution in [2.75, 3.05) is 13.1 Å². The molecule has 1 N–H and O–H groups in total. The third-order valence-corrected chi connectivity index (χ3v) is 2.61. The molecule has 1 aliphatic heterocycles. The molecule has 0 aromatic carbocycles. The van der Waals surface area contributed by atoms with E-state index in [4.69, 9.17) is 5.11 Å². The number of hydrogen-bond donors (Lipinski definition) is 1. The lowest BCUT2D eigenvalue weighted by molar-refractivity contribution is -0.141. The molecule has 0 unspecified atom stereocenters. The lowest BCUT2D eigenvalue weighted by atomic mass is 10.1. The van der Waals surface area contributed by atoms with Crippen LogP contribution in [-0.4, -0.2) is 44.9 Å². The summed E-state index contributed by atoms with van der Waals surface area (Å²) in [6.07, 6.45) is 4.82. The van der Waals surface area contributed by atoms with E-state index in [2.05, 4.69) is 9.97 Å². The van der Waals surface area contributed by atoms with Crippen molar-refractivity contribution in [2.45, 2.75) is 6.42 Å². The average Bonchev–Trinajstić information content (AvgIpc) is 2.78. The van der Waals surface area contributed by atoms with Crippen molar-refractivity contribution in [1.29, 1.82) is 0 Å². The number of aromatic nitrogens is 2. The fourth-order valence-electron chi connectivity index (χ4n) is 1.72. The van der Waals surface area contributed by atoms with Gasteiger partial charge < -0.3 is 10.0 Å². The van der Waals surface area contributed by atoms with E-state index in [1.165, 1.54) is 23.5 Å². The number of nitrogens with zero attached hydrogens (tertiary/aromatic N) is 3. The molecule has 0 radical (unpaired) electrons. The van der Waals surface area contributed by atoms with Gasteiger partial charge in [-0.05, 0) is 6.42 Å². The molecule has 84 valence electrons. The number of rotatable bonds is 2. The van der Waals surface area contributed by atoms with Crippen LogP contribution < -0.4 is 0 Å². The molecule has 1 aromatic heterocycles. The number of carboxylic acid groups (broad SMARTS) is 1. The Morgan fingerprint density at radius 1 is 1.44 bits per heavy atom. The summed E-state index contributed by atoms with van der Waals surface area (Å²) in [5, 5.41) is 8.82. The molecule has 0 saturated carbocycles. The summed E-state index contributed by atoms with van der Waals surface area (Å²) in [7, 11) is 0. The smallest absolute Gasteiger partial charge is 0.308 e. The van der Waals surface area contributed by atoms with Crippen LogP contribution >= 0.6 is 0 Å². The van der Waals surface area contributed by atoms with Crippen LogP contribution in [0.3, 0.4) is 0 Å². The van der Waals surface area contributed by atoms with E-state index >= 15 is 0 Å². The quantitative estimate of drug-likeness (QED) is 0.761. The minimum absolute atomic E-state index is 0.253. The second-order valence-electron chi connectivity index (χ2n) is 3.67. The third kappa shape index (κ3) is 2.00. The van der Waals surface area contributed by atoms with Crippen LogP contribution in [0.1, 0.15) is 16.9 Å². The summed E-state index contributed by atoms with van der Waals surface area (Å²) in [5.74, 6) is -1.56. The average molecular weight is 221 g/mol. The number of carbonyl (C=O) groups is 2. The Bertz CT molecular complexity index is 407. The van der Waals surface area contributed by atoms with Crippen LogP contribution in [0.4, 0.5) is 0 Å². The summed E-state index contributed by atoms with van der Waals surface area (Å²) < 4.78 is 0. The Hall–Kier alpha value is -1.98. The predicted octanol–water partition coefficient (Wildman–Crippen LogP) is 0.0233. The second-order valence-corrected chi connectivity index (χ2v) is 3.67. The first kappa shape index (κ1) is 10.5. The first-order chi connectivity index (χ1) is 7.68. The third-order valence-electron chi connectivity index (χ3n) is 2.61. The molecular weight excluding hydrogens is 210 g/mol. The van der Waals surface area contributed by atoms with Crippen LogP contribution in [0.25, 0.3) is 0 Å². The molecule has 6 heteroatoms. The Labute approximate surface area is 91.9 Å². The van der Waals surface area contributed by atoms with E-state index < -0.39 is 11.9 Å². The number of carbonyl (C=O) groups excluding carboxylic acids is 1. The first-order valence-electron chi connectivity index (χ1n) is 4.96. The van der Waals surface area contributed by atoms with Crippen molar-refractivity contribution in [3.8, 4) is 0 Å². The Morgan fingerprint density at radius 3 is 2.81 bits per heavy atom. The largest absolute Gasteiger partial charge is 0.481 e. The fraction of sp³-hybridized carbons (Fsp3) is 0.400. The van der Waals surface area contributed by atoms with Gasteiger partial charge in [0, 0.05) is 25.5 Å². The Kier molecular flexibility index (Phi) is 2.80. The highest BCUT2D eigenvalue weighted by Crippen LogP contribution is 2.17. The highest BCUT2D eigenvalue weighted by molar-refractivity contribution is 5.92. The first-order valence-corrected chi connectivity index (χ1v) is 4.96. The van der Waals surface area contributed by atoms with Crippen LogP contribution in [0.5, 0.6) is 0 Å². The maximum Gasteiger partial charge on any atom is 0.308 e. The molecule has 1 saturated heterocycles.